The van der Waals surface area contributed by atoms with E-state index in [4.69, 9.17) is 11.6 Å². The molecule has 0 fully saturated rings. The van der Waals surface area contributed by atoms with Crippen LogP contribution in [0.15, 0.2) is 29.6 Å². The van der Waals surface area contributed by atoms with Crippen LogP contribution in [0.1, 0.15) is 17.4 Å². The highest BCUT2D eigenvalue weighted by Gasteiger charge is 2.26. The van der Waals surface area contributed by atoms with Crippen LogP contribution in [0.2, 0.25) is 5.02 Å². The number of carbonyl (C=O) groups excluding carboxylic acids is 1. The Hall–Kier alpha value is -1.43. The van der Waals surface area contributed by atoms with Gasteiger partial charge in [-0.3, -0.25) is 9.69 Å². The maximum Gasteiger partial charge on any atom is 0.241 e. The number of thiophene rings is 1. The van der Waals surface area contributed by atoms with Crippen molar-refractivity contribution in [3.8, 4) is 0 Å². The average molecular weight is 339 g/mol. The van der Waals surface area contributed by atoms with Crippen molar-refractivity contribution in [1.82, 2.24) is 4.90 Å². The normalized spacial score (nSPS) is 16.1. The van der Waals surface area contributed by atoms with Crippen molar-refractivity contribution < 1.29 is 9.18 Å². The fraction of sp³-hybridized carbons (Fsp3) is 0.312. The Balaban J connectivity index is 1.67. The molecule has 0 unspecified atom stereocenters. The van der Waals surface area contributed by atoms with Crippen molar-refractivity contribution in [1.29, 1.82) is 0 Å². The maximum absolute atomic E-state index is 13.8. The molecule has 1 aromatic heterocycles. The second-order valence-corrected chi connectivity index (χ2v) is 6.82. The first kappa shape index (κ1) is 15.5. The third kappa shape index (κ3) is 3.16. The van der Waals surface area contributed by atoms with Crippen molar-refractivity contribution in [2.24, 2.45) is 0 Å². The van der Waals surface area contributed by atoms with E-state index in [1.165, 1.54) is 22.6 Å². The van der Waals surface area contributed by atoms with Gasteiger partial charge in [0.1, 0.15) is 5.82 Å². The van der Waals surface area contributed by atoms with Gasteiger partial charge < -0.3 is 5.32 Å². The van der Waals surface area contributed by atoms with E-state index in [-0.39, 0.29) is 17.6 Å². The molecule has 1 aliphatic rings. The Morgan fingerprint density at radius 2 is 2.27 bits per heavy atom. The number of hydrogen-bond donors (Lipinski definition) is 1. The van der Waals surface area contributed by atoms with E-state index in [1.54, 1.807) is 17.4 Å². The van der Waals surface area contributed by atoms with E-state index in [0.717, 1.165) is 19.5 Å². The number of carbonyl (C=O) groups is 1. The summed E-state index contributed by atoms with van der Waals surface area (Å²) >= 11 is 7.48. The molecule has 3 rings (SSSR count). The lowest BCUT2D eigenvalue weighted by Gasteiger charge is -2.31. The number of nitrogens with one attached hydrogen (secondary N) is 1. The molecule has 0 aliphatic carbocycles. The zero-order chi connectivity index (χ0) is 15.7. The van der Waals surface area contributed by atoms with Gasteiger partial charge >= 0.3 is 0 Å². The molecule has 6 heteroatoms. The van der Waals surface area contributed by atoms with Gasteiger partial charge in [-0.1, -0.05) is 11.6 Å². The number of fused-ring (bicyclic) bond motifs is 1. The number of nitrogens with zero attached hydrogens (tertiary/aromatic N) is 1. The van der Waals surface area contributed by atoms with Crippen LogP contribution in [0, 0.1) is 5.82 Å². The summed E-state index contributed by atoms with van der Waals surface area (Å²) in [4.78, 5) is 15.9. The smallest absolute Gasteiger partial charge is 0.241 e. The molecule has 2 heterocycles. The van der Waals surface area contributed by atoms with Crippen molar-refractivity contribution in [2.45, 2.75) is 25.9 Å². The molecule has 1 atom stereocenters. The fourth-order valence-electron chi connectivity index (χ4n) is 2.59. The van der Waals surface area contributed by atoms with Gasteiger partial charge in [0.15, 0.2) is 0 Å². The van der Waals surface area contributed by atoms with Crippen LogP contribution in [-0.4, -0.2) is 23.4 Å². The molecule has 1 N–H and O–H groups in total. The fourth-order valence-corrected chi connectivity index (χ4v) is 3.64. The van der Waals surface area contributed by atoms with Gasteiger partial charge in [-0.2, -0.15) is 0 Å². The molecule has 22 heavy (non-hydrogen) atoms. The third-order valence-corrected chi connectivity index (χ3v) is 5.21. The molecule has 116 valence electrons. The summed E-state index contributed by atoms with van der Waals surface area (Å²) in [7, 11) is 0. The predicted molar refractivity (Wildman–Crippen MR) is 87.9 cm³/mol. The van der Waals surface area contributed by atoms with E-state index < -0.39 is 5.82 Å². The monoisotopic (exact) mass is 338 g/mol. The standard InChI is InChI=1S/C16H16ClFN2OS/c1-10(20-6-4-15-11(9-20)5-7-22-15)16(21)19-14-3-2-12(17)8-13(14)18/h2-3,5,7-8,10H,4,6,9H2,1H3,(H,19,21)/t10-/m0/s1. The van der Waals surface area contributed by atoms with E-state index >= 15 is 0 Å². The Morgan fingerprint density at radius 3 is 3.05 bits per heavy atom. The molecule has 0 radical (unpaired) electrons. The summed E-state index contributed by atoms with van der Waals surface area (Å²) in [6.45, 7) is 3.45. The van der Waals surface area contributed by atoms with Crippen LogP contribution >= 0.6 is 22.9 Å². The number of benzene rings is 1. The second kappa shape index (κ2) is 6.36. The maximum atomic E-state index is 13.8. The lowest BCUT2D eigenvalue weighted by Crippen LogP contribution is -2.44. The Labute approximate surface area is 137 Å². The first-order valence-electron chi connectivity index (χ1n) is 7.10. The van der Waals surface area contributed by atoms with Crippen molar-refractivity contribution in [2.75, 3.05) is 11.9 Å². The quantitative estimate of drug-likeness (QED) is 0.919. The van der Waals surface area contributed by atoms with Crippen LogP contribution in [-0.2, 0) is 17.8 Å². The summed E-state index contributed by atoms with van der Waals surface area (Å²) in [6.07, 6.45) is 0.958. The zero-order valence-corrected chi connectivity index (χ0v) is 13.7. The third-order valence-electron chi connectivity index (χ3n) is 3.95. The molecule has 0 spiro atoms. The molecule has 0 saturated heterocycles. The van der Waals surface area contributed by atoms with Gasteiger partial charge in [0, 0.05) is 23.0 Å². The lowest BCUT2D eigenvalue weighted by atomic mass is 10.1. The molecular formula is C16H16ClFN2OS. The first-order chi connectivity index (χ1) is 10.5. The number of hydrogen-bond acceptors (Lipinski definition) is 3. The summed E-state index contributed by atoms with van der Waals surface area (Å²) < 4.78 is 13.8. The van der Waals surface area contributed by atoms with Crippen molar-refractivity contribution >= 4 is 34.5 Å². The molecule has 0 saturated carbocycles. The minimum Gasteiger partial charge on any atom is -0.322 e. The average Bonchev–Trinajstić information content (AvgIpc) is 2.96. The molecule has 0 bridgehead atoms. The van der Waals surface area contributed by atoms with Gasteiger partial charge in [-0.25, -0.2) is 4.39 Å². The second-order valence-electron chi connectivity index (χ2n) is 5.38. The Bertz CT molecular complexity index is 703. The highest BCUT2D eigenvalue weighted by molar-refractivity contribution is 7.10. The Kier molecular flexibility index (Phi) is 4.47. The minimum absolute atomic E-state index is 0.162. The van der Waals surface area contributed by atoms with Crippen LogP contribution in [0.3, 0.4) is 0 Å². The van der Waals surface area contributed by atoms with Crippen molar-refractivity contribution in [3.63, 3.8) is 0 Å². The first-order valence-corrected chi connectivity index (χ1v) is 8.35. The van der Waals surface area contributed by atoms with Gasteiger partial charge in [0.2, 0.25) is 5.91 Å². The zero-order valence-electron chi connectivity index (χ0n) is 12.1. The number of anilines is 1. The number of halogens is 2. The summed E-state index contributed by atoms with van der Waals surface area (Å²) in [5.74, 6) is -0.730. The molecule has 1 aliphatic heterocycles. The van der Waals surface area contributed by atoms with E-state index in [0.29, 0.717) is 5.02 Å². The van der Waals surface area contributed by atoms with Crippen LogP contribution in [0.4, 0.5) is 10.1 Å². The van der Waals surface area contributed by atoms with Crippen LogP contribution in [0.5, 0.6) is 0 Å². The molecule has 3 nitrogen and oxygen atoms in total. The van der Waals surface area contributed by atoms with Gasteiger partial charge in [-0.05, 0) is 48.6 Å². The molecule has 1 amide bonds. The van der Waals surface area contributed by atoms with Crippen LogP contribution < -0.4 is 5.32 Å². The molecule has 1 aromatic carbocycles. The molecular weight excluding hydrogens is 323 g/mol. The van der Waals surface area contributed by atoms with Crippen molar-refractivity contribution in [3.05, 3.63) is 50.9 Å². The lowest BCUT2D eigenvalue weighted by molar-refractivity contribution is -0.121. The van der Waals surface area contributed by atoms with Gasteiger partial charge in [0.05, 0.1) is 11.7 Å². The number of amides is 1. The van der Waals surface area contributed by atoms with Gasteiger partial charge in [0.25, 0.3) is 0 Å². The minimum atomic E-state index is -0.521. The summed E-state index contributed by atoms with van der Waals surface area (Å²) in [5.41, 5.74) is 1.45. The number of rotatable bonds is 3. The summed E-state index contributed by atoms with van der Waals surface area (Å²) in [5, 5.41) is 5.04. The van der Waals surface area contributed by atoms with E-state index in [9.17, 15) is 9.18 Å². The summed E-state index contributed by atoms with van der Waals surface area (Å²) in [6, 6.07) is 6.03. The highest BCUT2D eigenvalue weighted by atomic mass is 35.5. The molecule has 2 aromatic rings. The SMILES string of the molecule is C[C@@H](C(=O)Nc1ccc(Cl)cc1F)N1CCc2sccc2C1. The topological polar surface area (TPSA) is 32.3 Å². The Morgan fingerprint density at radius 1 is 1.45 bits per heavy atom. The predicted octanol–water partition coefficient (Wildman–Crippen LogP) is 3.93. The van der Waals surface area contributed by atoms with Gasteiger partial charge in [-0.15, -0.1) is 11.3 Å². The van der Waals surface area contributed by atoms with E-state index in [2.05, 4.69) is 21.7 Å². The largest absolute Gasteiger partial charge is 0.322 e. The van der Waals surface area contributed by atoms with E-state index in [1.807, 2.05) is 6.92 Å². The van der Waals surface area contributed by atoms with Crippen LogP contribution in [0.25, 0.3) is 0 Å². The highest BCUT2D eigenvalue weighted by Crippen LogP contribution is 2.26.